The van der Waals surface area contributed by atoms with Gasteiger partial charge in [-0.2, -0.15) is 0 Å². The molecule has 1 saturated heterocycles. The molecule has 0 atom stereocenters. The molecule has 0 aliphatic carbocycles. The van der Waals surface area contributed by atoms with Gasteiger partial charge in [0.15, 0.2) is 11.5 Å². The molecule has 0 aromatic heterocycles. The Morgan fingerprint density at radius 3 is 2.24 bits per heavy atom. The molecule has 0 unspecified atom stereocenters. The first-order chi connectivity index (χ1) is 10.0. The zero-order valence-corrected chi connectivity index (χ0v) is 13.7. The van der Waals surface area contributed by atoms with Crippen LogP contribution in [0.15, 0.2) is 18.2 Å². The molecule has 1 aliphatic rings. The second-order valence-corrected chi connectivity index (χ2v) is 6.14. The summed E-state index contributed by atoms with van der Waals surface area (Å²) in [5, 5.41) is 3.38. The van der Waals surface area contributed by atoms with Crippen molar-refractivity contribution in [2.24, 2.45) is 0 Å². The average molecular weight is 292 g/mol. The van der Waals surface area contributed by atoms with E-state index in [0.717, 1.165) is 44.2 Å². The SMILES string of the molecule is CC(C)Oc1ccc(CN2CCNCC2)cc1OC(C)C. The molecule has 0 amide bonds. The summed E-state index contributed by atoms with van der Waals surface area (Å²) in [4.78, 5) is 2.47. The van der Waals surface area contributed by atoms with Crippen molar-refractivity contribution in [2.75, 3.05) is 26.2 Å². The Labute approximate surface area is 128 Å². The number of hydrogen-bond donors (Lipinski definition) is 1. The number of piperazine rings is 1. The zero-order chi connectivity index (χ0) is 15.2. The maximum absolute atomic E-state index is 5.92. The quantitative estimate of drug-likeness (QED) is 0.874. The third kappa shape index (κ3) is 5.21. The molecule has 0 radical (unpaired) electrons. The highest BCUT2D eigenvalue weighted by Gasteiger charge is 2.13. The van der Waals surface area contributed by atoms with Crippen LogP contribution < -0.4 is 14.8 Å². The van der Waals surface area contributed by atoms with Gasteiger partial charge in [0, 0.05) is 32.7 Å². The number of hydrogen-bond acceptors (Lipinski definition) is 4. The van der Waals surface area contributed by atoms with Crippen LogP contribution in [0.3, 0.4) is 0 Å². The third-order valence-corrected chi connectivity index (χ3v) is 3.35. The van der Waals surface area contributed by atoms with E-state index in [4.69, 9.17) is 9.47 Å². The third-order valence-electron chi connectivity index (χ3n) is 3.35. The van der Waals surface area contributed by atoms with Crippen molar-refractivity contribution in [3.05, 3.63) is 23.8 Å². The lowest BCUT2D eigenvalue weighted by Gasteiger charge is -2.27. The van der Waals surface area contributed by atoms with E-state index >= 15 is 0 Å². The molecule has 118 valence electrons. The molecular weight excluding hydrogens is 264 g/mol. The van der Waals surface area contributed by atoms with E-state index in [1.165, 1.54) is 5.56 Å². The minimum Gasteiger partial charge on any atom is -0.487 e. The second-order valence-electron chi connectivity index (χ2n) is 6.14. The lowest BCUT2D eigenvalue weighted by atomic mass is 10.1. The van der Waals surface area contributed by atoms with E-state index in [0.29, 0.717) is 0 Å². The summed E-state index contributed by atoms with van der Waals surface area (Å²) in [7, 11) is 0. The number of benzene rings is 1. The van der Waals surface area contributed by atoms with Crippen molar-refractivity contribution < 1.29 is 9.47 Å². The van der Waals surface area contributed by atoms with E-state index in [1.807, 2.05) is 33.8 Å². The van der Waals surface area contributed by atoms with Gasteiger partial charge in [-0.3, -0.25) is 4.90 Å². The molecular formula is C17H28N2O2. The molecule has 1 aromatic rings. The fourth-order valence-corrected chi connectivity index (χ4v) is 2.48. The lowest BCUT2D eigenvalue weighted by molar-refractivity contribution is 0.197. The molecule has 4 nitrogen and oxygen atoms in total. The highest BCUT2D eigenvalue weighted by molar-refractivity contribution is 5.43. The maximum Gasteiger partial charge on any atom is 0.161 e. The first kappa shape index (κ1) is 16.1. The molecule has 4 heteroatoms. The van der Waals surface area contributed by atoms with Crippen molar-refractivity contribution in [3.63, 3.8) is 0 Å². The largest absolute Gasteiger partial charge is 0.487 e. The van der Waals surface area contributed by atoms with Crippen LogP contribution in [0.1, 0.15) is 33.3 Å². The molecule has 0 spiro atoms. The Bertz CT molecular complexity index is 440. The van der Waals surface area contributed by atoms with Crippen molar-refractivity contribution in [1.82, 2.24) is 10.2 Å². The van der Waals surface area contributed by atoms with Crippen LogP contribution >= 0.6 is 0 Å². The van der Waals surface area contributed by atoms with Gasteiger partial charge in [0.2, 0.25) is 0 Å². The van der Waals surface area contributed by atoms with Gasteiger partial charge in [-0.05, 0) is 45.4 Å². The summed E-state index contributed by atoms with van der Waals surface area (Å²) in [6.07, 6.45) is 0.299. The van der Waals surface area contributed by atoms with Crippen LogP contribution in [0.4, 0.5) is 0 Å². The summed E-state index contributed by atoms with van der Waals surface area (Å²) in [6, 6.07) is 6.31. The van der Waals surface area contributed by atoms with Crippen LogP contribution in [0.2, 0.25) is 0 Å². The highest BCUT2D eigenvalue weighted by atomic mass is 16.5. The van der Waals surface area contributed by atoms with Gasteiger partial charge in [0.05, 0.1) is 12.2 Å². The first-order valence-electron chi connectivity index (χ1n) is 7.94. The number of rotatable bonds is 6. The Hall–Kier alpha value is -1.26. The van der Waals surface area contributed by atoms with Gasteiger partial charge in [-0.25, -0.2) is 0 Å². The summed E-state index contributed by atoms with van der Waals surface area (Å²) < 4.78 is 11.8. The number of ether oxygens (including phenoxy) is 2. The minimum absolute atomic E-state index is 0.147. The van der Waals surface area contributed by atoms with Crippen LogP contribution in [0.5, 0.6) is 11.5 Å². The molecule has 1 aliphatic heterocycles. The second kappa shape index (κ2) is 7.66. The van der Waals surface area contributed by atoms with Gasteiger partial charge in [-0.15, -0.1) is 0 Å². The van der Waals surface area contributed by atoms with E-state index < -0.39 is 0 Å². The Morgan fingerprint density at radius 2 is 1.62 bits per heavy atom. The summed E-state index contributed by atoms with van der Waals surface area (Å²) in [5.41, 5.74) is 1.28. The molecule has 1 fully saturated rings. The van der Waals surface area contributed by atoms with Gasteiger partial charge in [-0.1, -0.05) is 6.07 Å². The predicted octanol–water partition coefficient (Wildman–Crippen LogP) is 2.67. The first-order valence-corrected chi connectivity index (χ1v) is 7.94. The van der Waals surface area contributed by atoms with Crippen LogP contribution in [0.25, 0.3) is 0 Å². The van der Waals surface area contributed by atoms with E-state index in [9.17, 15) is 0 Å². The average Bonchev–Trinajstić information content (AvgIpc) is 2.42. The topological polar surface area (TPSA) is 33.7 Å². The van der Waals surface area contributed by atoms with Crippen molar-refractivity contribution in [3.8, 4) is 11.5 Å². The van der Waals surface area contributed by atoms with Gasteiger partial charge in [0.1, 0.15) is 0 Å². The fourth-order valence-electron chi connectivity index (χ4n) is 2.48. The minimum atomic E-state index is 0.147. The lowest BCUT2D eigenvalue weighted by Crippen LogP contribution is -2.42. The van der Waals surface area contributed by atoms with E-state index in [2.05, 4.69) is 22.3 Å². The van der Waals surface area contributed by atoms with Crippen molar-refractivity contribution >= 4 is 0 Å². The van der Waals surface area contributed by atoms with E-state index in [-0.39, 0.29) is 12.2 Å². The molecule has 1 heterocycles. The summed E-state index contributed by atoms with van der Waals surface area (Å²) in [5.74, 6) is 1.69. The fraction of sp³-hybridized carbons (Fsp3) is 0.647. The van der Waals surface area contributed by atoms with Crippen molar-refractivity contribution in [1.29, 1.82) is 0 Å². The monoisotopic (exact) mass is 292 g/mol. The Balaban J connectivity index is 2.11. The Kier molecular flexibility index (Phi) is 5.88. The summed E-state index contributed by atoms with van der Waals surface area (Å²) in [6.45, 7) is 13.5. The molecule has 21 heavy (non-hydrogen) atoms. The standard InChI is InChI=1S/C17H28N2O2/c1-13(2)20-16-6-5-15(11-17(16)21-14(3)4)12-19-9-7-18-8-10-19/h5-6,11,13-14,18H,7-10,12H2,1-4H3. The van der Waals surface area contributed by atoms with Crippen LogP contribution in [0, 0.1) is 0 Å². The Morgan fingerprint density at radius 1 is 1.00 bits per heavy atom. The summed E-state index contributed by atoms with van der Waals surface area (Å²) >= 11 is 0. The van der Waals surface area contributed by atoms with Gasteiger partial charge in [0.25, 0.3) is 0 Å². The van der Waals surface area contributed by atoms with E-state index in [1.54, 1.807) is 0 Å². The number of nitrogens with zero attached hydrogens (tertiary/aromatic N) is 1. The maximum atomic E-state index is 5.92. The van der Waals surface area contributed by atoms with Crippen LogP contribution in [-0.2, 0) is 6.54 Å². The smallest absolute Gasteiger partial charge is 0.161 e. The number of nitrogens with one attached hydrogen (secondary N) is 1. The molecule has 1 aromatic carbocycles. The van der Waals surface area contributed by atoms with Gasteiger partial charge >= 0.3 is 0 Å². The molecule has 2 rings (SSSR count). The van der Waals surface area contributed by atoms with Crippen molar-refractivity contribution in [2.45, 2.75) is 46.4 Å². The van der Waals surface area contributed by atoms with Crippen LogP contribution in [-0.4, -0.2) is 43.3 Å². The highest BCUT2D eigenvalue weighted by Crippen LogP contribution is 2.30. The molecule has 0 bridgehead atoms. The zero-order valence-electron chi connectivity index (χ0n) is 13.7. The predicted molar refractivity (Wildman–Crippen MR) is 86.1 cm³/mol. The van der Waals surface area contributed by atoms with Gasteiger partial charge < -0.3 is 14.8 Å². The molecule has 1 N–H and O–H groups in total. The molecule has 0 saturated carbocycles. The normalized spacial score (nSPS) is 16.5.